The molecule has 2 amide bonds. The molecule has 2 aromatic carbocycles. The van der Waals surface area contributed by atoms with Crippen molar-refractivity contribution in [3.63, 3.8) is 0 Å². The molecule has 2 N–H and O–H groups in total. The molecular formula is C34H40N6O3. The van der Waals surface area contributed by atoms with Crippen LogP contribution in [0.5, 0.6) is 5.75 Å². The molecule has 2 aliphatic carbocycles. The Morgan fingerprint density at radius 1 is 1.05 bits per heavy atom. The van der Waals surface area contributed by atoms with E-state index in [2.05, 4.69) is 33.4 Å². The molecule has 0 radical (unpaired) electrons. The average molecular weight is 581 g/mol. The van der Waals surface area contributed by atoms with Crippen molar-refractivity contribution < 1.29 is 14.3 Å². The number of nitrogens with two attached hydrogens (primary N) is 1. The van der Waals surface area contributed by atoms with E-state index in [1.807, 2.05) is 29.0 Å². The summed E-state index contributed by atoms with van der Waals surface area (Å²) in [6.45, 7) is 4.95. The zero-order valence-corrected chi connectivity index (χ0v) is 25.3. The Hall–Kier alpha value is -3.85. The van der Waals surface area contributed by atoms with Gasteiger partial charge in [0.1, 0.15) is 11.3 Å². The predicted molar refractivity (Wildman–Crippen MR) is 166 cm³/mol. The molecule has 4 fully saturated rings. The molecule has 3 unspecified atom stereocenters. The van der Waals surface area contributed by atoms with Crippen molar-refractivity contribution in [1.82, 2.24) is 23.9 Å². The fourth-order valence-corrected chi connectivity index (χ4v) is 8.05. The van der Waals surface area contributed by atoms with Gasteiger partial charge in [0.15, 0.2) is 5.82 Å². The lowest BCUT2D eigenvalue weighted by Gasteiger charge is -2.27. The lowest BCUT2D eigenvalue weighted by atomic mass is 9.97. The molecule has 43 heavy (non-hydrogen) atoms. The fraction of sp³-hybridized carbons (Fsp3) is 0.500. The minimum absolute atomic E-state index is 0.0145. The zero-order chi connectivity index (χ0) is 29.6. The van der Waals surface area contributed by atoms with E-state index < -0.39 is 0 Å². The number of benzene rings is 2. The Labute approximate surface area is 251 Å². The fourth-order valence-electron chi connectivity index (χ4n) is 8.05. The number of hydrogen-bond donors (Lipinski definition) is 1. The van der Waals surface area contributed by atoms with Gasteiger partial charge in [-0.3, -0.25) is 9.59 Å². The summed E-state index contributed by atoms with van der Waals surface area (Å²) in [5.41, 5.74) is 12.3. The van der Waals surface area contributed by atoms with Gasteiger partial charge in [0.2, 0.25) is 5.91 Å². The highest BCUT2D eigenvalue weighted by Gasteiger charge is 2.47. The first-order chi connectivity index (χ1) is 20.8. The number of fused-ring (bicyclic) bond motifs is 4. The van der Waals surface area contributed by atoms with E-state index in [1.165, 1.54) is 29.3 Å². The van der Waals surface area contributed by atoms with Gasteiger partial charge >= 0.3 is 0 Å². The topological polar surface area (TPSA) is 98.6 Å². The van der Waals surface area contributed by atoms with Gasteiger partial charge in [-0.05, 0) is 73.8 Å². The van der Waals surface area contributed by atoms with Gasteiger partial charge in [0.25, 0.3) is 5.91 Å². The molecule has 4 aromatic rings. The number of carbonyl (C=O) groups is 2. The number of nitrogens with zero attached hydrogens (tertiary/aromatic N) is 5. The molecule has 2 aromatic heterocycles. The van der Waals surface area contributed by atoms with E-state index in [9.17, 15) is 9.59 Å². The summed E-state index contributed by atoms with van der Waals surface area (Å²) in [7, 11) is 3.69. The molecule has 9 nitrogen and oxygen atoms in total. The maximum Gasteiger partial charge on any atom is 0.254 e. The van der Waals surface area contributed by atoms with E-state index >= 15 is 0 Å². The van der Waals surface area contributed by atoms with Crippen LogP contribution in [0.3, 0.4) is 0 Å². The molecule has 9 heteroatoms. The van der Waals surface area contributed by atoms with Gasteiger partial charge in [-0.1, -0.05) is 12.1 Å². The van der Waals surface area contributed by atoms with E-state index in [0.717, 1.165) is 68.0 Å². The highest BCUT2D eigenvalue weighted by Crippen LogP contribution is 2.41. The molecule has 8 rings (SSSR count). The van der Waals surface area contributed by atoms with Crippen LogP contribution in [0.4, 0.5) is 0 Å². The van der Waals surface area contributed by atoms with Crippen LogP contribution >= 0.6 is 0 Å². The number of piperidine rings is 1. The van der Waals surface area contributed by atoms with E-state index in [0.29, 0.717) is 29.1 Å². The molecule has 224 valence electrons. The quantitative estimate of drug-likeness (QED) is 0.362. The number of amides is 2. The Morgan fingerprint density at radius 3 is 2.56 bits per heavy atom. The van der Waals surface area contributed by atoms with Gasteiger partial charge in [-0.15, -0.1) is 0 Å². The van der Waals surface area contributed by atoms with Crippen LogP contribution in [0.15, 0.2) is 36.4 Å². The lowest BCUT2D eigenvalue weighted by Crippen LogP contribution is -2.41. The van der Waals surface area contributed by atoms with Crippen molar-refractivity contribution in [2.45, 2.75) is 63.6 Å². The third-order valence-electron chi connectivity index (χ3n) is 10.7. The van der Waals surface area contributed by atoms with Gasteiger partial charge in [-0.2, -0.15) is 0 Å². The number of aryl methyl sites for hydroxylation is 1. The standard InChI is InChI=1S/C34H40N6O3/c1-19(41)38-11-10-23(17-38)21-6-7-22-14-29(39(28(22)13-21)16-20-4-5-20)33-36-26-12-25(15-30(43-3)32(26)37(33)2)34(42)40-18-24-8-9-27(40)31(24)35/h6-7,12-15,20,23-24,27,31H,4-5,8-11,16-18,35H2,1-3H3/t23?,24?,27?,31-/m1/s1. The molecule has 2 saturated heterocycles. The molecule has 4 atom stereocenters. The number of aromatic nitrogens is 3. The van der Waals surface area contributed by atoms with Crippen LogP contribution in [0.2, 0.25) is 0 Å². The Kier molecular flexibility index (Phi) is 6.12. The van der Waals surface area contributed by atoms with E-state index in [1.54, 1.807) is 14.0 Å². The van der Waals surface area contributed by atoms with E-state index in [-0.39, 0.29) is 23.9 Å². The first kappa shape index (κ1) is 26.8. The van der Waals surface area contributed by atoms with Crippen molar-refractivity contribution in [1.29, 1.82) is 0 Å². The van der Waals surface area contributed by atoms with Crippen LogP contribution in [0.1, 0.15) is 60.9 Å². The van der Waals surface area contributed by atoms with Crippen LogP contribution < -0.4 is 10.5 Å². The van der Waals surface area contributed by atoms with Gasteiger partial charge < -0.3 is 29.4 Å². The smallest absolute Gasteiger partial charge is 0.254 e. The molecule has 2 bridgehead atoms. The summed E-state index contributed by atoms with van der Waals surface area (Å²) in [4.78, 5) is 34.8. The molecule has 4 heterocycles. The summed E-state index contributed by atoms with van der Waals surface area (Å²) in [5, 5.41) is 1.19. The van der Waals surface area contributed by atoms with Crippen molar-refractivity contribution in [2.24, 2.45) is 24.6 Å². The molecule has 0 spiro atoms. The SMILES string of the molecule is COc1cc(C(=O)N2CC3CCC2[C@@H]3N)cc2nc(-c3cc4ccc(C5CCN(C(C)=O)C5)cc4n3CC3CC3)n(C)c12. The maximum atomic E-state index is 13.7. The maximum absolute atomic E-state index is 13.7. The monoisotopic (exact) mass is 580 g/mol. The van der Waals surface area contributed by atoms with Crippen molar-refractivity contribution in [3.8, 4) is 17.3 Å². The predicted octanol–water partition coefficient (Wildman–Crippen LogP) is 4.51. The first-order valence-corrected chi connectivity index (χ1v) is 15.8. The van der Waals surface area contributed by atoms with Crippen molar-refractivity contribution >= 4 is 33.8 Å². The normalized spacial score (nSPS) is 25.0. The number of hydrogen-bond acceptors (Lipinski definition) is 5. The minimum Gasteiger partial charge on any atom is -0.494 e. The van der Waals surface area contributed by atoms with Crippen LogP contribution in [0.25, 0.3) is 33.5 Å². The van der Waals surface area contributed by atoms with Crippen LogP contribution in [-0.4, -0.2) is 74.6 Å². The number of methoxy groups -OCH3 is 1. The molecule has 2 aliphatic heterocycles. The second kappa shape index (κ2) is 9.84. The highest BCUT2D eigenvalue weighted by atomic mass is 16.5. The summed E-state index contributed by atoms with van der Waals surface area (Å²) in [6, 6.07) is 13.0. The molecule has 2 saturated carbocycles. The zero-order valence-electron chi connectivity index (χ0n) is 25.3. The van der Waals surface area contributed by atoms with Gasteiger partial charge in [0.05, 0.1) is 18.3 Å². The summed E-state index contributed by atoms with van der Waals surface area (Å²) < 4.78 is 10.4. The lowest BCUT2D eigenvalue weighted by molar-refractivity contribution is -0.127. The van der Waals surface area contributed by atoms with Gasteiger partial charge in [0, 0.05) is 74.6 Å². The Balaban J connectivity index is 1.20. The van der Waals surface area contributed by atoms with Crippen molar-refractivity contribution in [2.75, 3.05) is 26.7 Å². The second-order valence-electron chi connectivity index (χ2n) is 13.3. The summed E-state index contributed by atoms with van der Waals surface area (Å²) in [5.74, 6) is 3.12. The molecule has 4 aliphatic rings. The van der Waals surface area contributed by atoms with Crippen LogP contribution in [-0.2, 0) is 18.4 Å². The minimum atomic E-state index is 0.0145. The van der Waals surface area contributed by atoms with E-state index in [4.69, 9.17) is 15.5 Å². The Bertz CT molecular complexity index is 1780. The number of rotatable bonds is 6. The Morgan fingerprint density at radius 2 is 1.88 bits per heavy atom. The average Bonchev–Trinajstić information content (AvgIpc) is 3.34. The number of ether oxygens (including phenoxy) is 1. The van der Waals surface area contributed by atoms with Gasteiger partial charge in [-0.25, -0.2) is 4.98 Å². The molecular weight excluding hydrogens is 540 g/mol. The van der Waals surface area contributed by atoms with Crippen LogP contribution in [0, 0.1) is 11.8 Å². The largest absolute Gasteiger partial charge is 0.494 e. The summed E-state index contributed by atoms with van der Waals surface area (Å²) in [6.07, 6.45) is 5.58. The number of likely N-dealkylation sites (tertiary alicyclic amines) is 2. The third-order valence-corrected chi connectivity index (χ3v) is 10.7. The summed E-state index contributed by atoms with van der Waals surface area (Å²) >= 11 is 0. The second-order valence-corrected chi connectivity index (χ2v) is 13.3. The van der Waals surface area contributed by atoms with Crippen molar-refractivity contribution in [3.05, 3.63) is 47.5 Å². The third kappa shape index (κ3) is 4.26. The first-order valence-electron chi connectivity index (χ1n) is 15.8. The number of imidazole rings is 1. The number of carbonyl (C=O) groups excluding carboxylic acids is 2. The highest BCUT2D eigenvalue weighted by molar-refractivity contribution is 6.00.